The Morgan fingerprint density at radius 3 is 2.29 bits per heavy atom. The second-order valence-electron chi connectivity index (χ2n) is 5.00. The van der Waals surface area contributed by atoms with E-state index in [0.717, 1.165) is 5.92 Å². The third-order valence-electron chi connectivity index (χ3n) is 3.25. The van der Waals surface area contributed by atoms with Gasteiger partial charge in [0.2, 0.25) is 0 Å². The maximum Gasteiger partial charge on any atom is 0.0770 e. The summed E-state index contributed by atoms with van der Waals surface area (Å²) in [5.74, 6) is 1.08. The summed E-state index contributed by atoms with van der Waals surface area (Å²) in [5.41, 5.74) is 1.17. The van der Waals surface area contributed by atoms with Gasteiger partial charge in [-0.05, 0) is 37.2 Å². The van der Waals surface area contributed by atoms with Gasteiger partial charge in [0.25, 0.3) is 0 Å². The van der Waals surface area contributed by atoms with Crippen LogP contribution in [-0.2, 0) is 0 Å². The second-order valence-corrected chi connectivity index (χ2v) is 5.00. The lowest BCUT2D eigenvalue weighted by atomic mass is 9.86. The van der Waals surface area contributed by atoms with Crippen molar-refractivity contribution in [2.24, 2.45) is 11.8 Å². The molecule has 1 atom stereocenters. The van der Waals surface area contributed by atoms with Gasteiger partial charge >= 0.3 is 0 Å². The van der Waals surface area contributed by atoms with Gasteiger partial charge in [0.15, 0.2) is 0 Å². The molecule has 0 saturated heterocycles. The van der Waals surface area contributed by atoms with Gasteiger partial charge in [-0.2, -0.15) is 0 Å². The van der Waals surface area contributed by atoms with Crippen LogP contribution >= 0.6 is 0 Å². The summed E-state index contributed by atoms with van der Waals surface area (Å²) < 4.78 is 0. The van der Waals surface area contributed by atoms with Crippen molar-refractivity contribution in [1.29, 1.82) is 0 Å². The minimum atomic E-state index is -0.239. The summed E-state index contributed by atoms with van der Waals surface area (Å²) in [4.78, 5) is 0. The first-order chi connectivity index (χ1) is 6.61. The zero-order valence-corrected chi connectivity index (χ0v) is 9.79. The number of hydrogen-bond donors (Lipinski definition) is 1. The van der Waals surface area contributed by atoms with E-state index in [1.807, 2.05) is 0 Å². The average molecular weight is 196 g/mol. The van der Waals surface area contributed by atoms with E-state index in [0.29, 0.717) is 5.92 Å². The molecule has 1 aliphatic carbocycles. The monoisotopic (exact) mass is 196 g/mol. The number of rotatable bonds is 3. The van der Waals surface area contributed by atoms with Gasteiger partial charge in [-0.25, -0.2) is 0 Å². The Balaban J connectivity index is 2.48. The third kappa shape index (κ3) is 3.45. The zero-order chi connectivity index (χ0) is 10.6. The minimum absolute atomic E-state index is 0.239. The molecule has 0 aromatic rings. The first-order valence-electron chi connectivity index (χ1n) is 5.97. The molecule has 1 heteroatoms. The molecule has 1 nitrogen and oxygen atoms in total. The molecule has 0 heterocycles. The zero-order valence-electron chi connectivity index (χ0n) is 9.79. The molecule has 0 aromatic carbocycles. The van der Waals surface area contributed by atoms with Crippen molar-refractivity contribution >= 4 is 0 Å². The van der Waals surface area contributed by atoms with Crippen LogP contribution in [0.1, 0.15) is 52.9 Å². The lowest BCUT2D eigenvalue weighted by molar-refractivity contribution is 0.159. The molecule has 82 valence electrons. The van der Waals surface area contributed by atoms with E-state index in [4.69, 9.17) is 0 Å². The highest BCUT2D eigenvalue weighted by Crippen LogP contribution is 2.26. The van der Waals surface area contributed by atoms with Gasteiger partial charge in [-0.15, -0.1) is 0 Å². The number of aliphatic hydroxyl groups excluding tert-OH is 1. The Bertz CT molecular complexity index is 187. The van der Waals surface area contributed by atoms with Gasteiger partial charge < -0.3 is 5.11 Å². The average Bonchev–Trinajstić information content (AvgIpc) is 2.18. The molecular weight excluding hydrogens is 172 g/mol. The van der Waals surface area contributed by atoms with Gasteiger partial charge in [0, 0.05) is 0 Å². The van der Waals surface area contributed by atoms with Crippen molar-refractivity contribution in [2.45, 2.75) is 59.0 Å². The molecule has 0 radical (unpaired) electrons. The molecule has 1 N–H and O–H groups in total. The molecule has 1 saturated carbocycles. The predicted octanol–water partition coefficient (Wildman–Crippen LogP) is 3.53. The van der Waals surface area contributed by atoms with Crippen molar-refractivity contribution in [1.82, 2.24) is 0 Å². The van der Waals surface area contributed by atoms with Crippen molar-refractivity contribution in [3.63, 3.8) is 0 Å². The lowest BCUT2D eigenvalue weighted by Gasteiger charge is -2.21. The van der Waals surface area contributed by atoms with Crippen LogP contribution in [0, 0.1) is 11.8 Å². The SMILES string of the molecule is C/C(=C\C1CCCCC1)C(O)C(C)C. The summed E-state index contributed by atoms with van der Waals surface area (Å²) >= 11 is 0. The fraction of sp³-hybridized carbons (Fsp3) is 0.846. The quantitative estimate of drug-likeness (QED) is 0.685. The molecule has 0 spiro atoms. The van der Waals surface area contributed by atoms with E-state index in [1.165, 1.54) is 37.7 Å². The minimum Gasteiger partial charge on any atom is -0.389 e. The van der Waals surface area contributed by atoms with Crippen LogP contribution < -0.4 is 0 Å². The van der Waals surface area contributed by atoms with Gasteiger partial charge in [0.05, 0.1) is 6.10 Å². The van der Waals surface area contributed by atoms with Crippen molar-refractivity contribution in [3.05, 3.63) is 11.6 Å². The Hall–Kier alpha value is -0.300. The number of aliphatic hydroxyl groups is 1. The molecule has 1 rings (SSSR count). The van der Waals surface area contributed by atoms with Crippen LogP contribution in [0.5, 0.6) is 0 Å². The highest BCUT2D eigenvalue weighted by molar-refractivity contribution is 5.08. The molecule has 1 unspecified atom stereocenters. The van der Waals surface area contributed by atoms with E-state index >= 15 is 0 Å². The van der Waals surface area contributed by atoms with Crippen molar-refractivity contribution in [3.8, 4) is 0 Å². The molecule has 0 amide bonds. The molecular formula is C13H24O. The third-order valence-corrected chi connectivity index (χ3v) is 3.25. The van der Waals surface area contributed by atoms with Gasteiger partial charge in [-0.3, -0.25) is 0 Å². The van der Waals surface area contributed by atoms with E-state index in [1.54, 1.807) is 0 Å². The molecule has 0 bridgehead atoms. The Kier molecular flexibility index (Phi) is 4.67. The number of allylic oxidation sites excluding steroid dienone is 1. The van der Waals surface area contributed by atoms with Crippen molar-refractivity contribution in [2.75, 3.05) is 0 Å². The summed E-state index contributed by atoms with van der Waals surface area (Å²) in [6, 6.07) is 0. The maximum absolute atomic E-state index is 9.86. The van der Waals surface area contributed by atoms with Gasteiger partial charge in [0.1, 0.15) is 0 Å². The highest BCUT2D eigenvalue weighted by atomic mass is 16.3. The Morgan fingerprint density at radius 2 is 1.79 bits per heavy atom. The summed E-state index contributed by atoms with van der Waals surface area (Å²) in [5, 5.41) is 9.86. The van der Waals surface area contributed by atoms with Crippen LogP contribution in [0.3, 0.4) is 0 Å². The summed E-state index contributed by atoms with van der Waals surface area (Å²) in [6.07, 6.45) is 8.85. The largest absolute Gasteiger partial charge is 0.389 e. The van der Waals surface area contributed by atoms with E-state index in [2.05, 4.69) is 26.8 Å². The fourth-order valence-corrected chi connectivity index (χ4v) is 2.30. The summed E-state index contributed by atoms with van der Waals surface area (Å²) in [6.45, 7) is 6.21. The van der Waals surface area contributed by atoms with Gasteiger partial charge in [-0.1, -0.05) is 39.2 Å². The Labute approximate surface area is 88.2 Å². The molecule has 1 aliphatic rings. The Morgan fingerprint density at radius 1 is 1.21 bits per heavy atom. The maximum atomic E-state index is 9.86. The van der Waals surface area contributed by atoms with Crippen LogP contribution in [0.4, 0.5) is 0 Å². The topological polar surface area (TPSA) is 20.2 Å². The number of hydrogen-bond acceptors (Lipinski definition) is 1. The first kappa shape index (κ1) is 11.8. The second kappa shape index (κ2) is 5.55. The van der Waals surface area contributed by atoms with Crippen LogP contribution in [0.25, 0.3) is 0 Å². The lowest BCUT2D eigenvalue weighted by Crippen LogP contribution is -2.17. The molecule has 1 fully saturated rings. The molecule has 14 heavy (non-hydrogen) atoms. The summed E-state index contributed by atoms with van der Waals surface area (Å²) in [7, 11) is 0. The van der Waals surface area contributed by atoms with E-state index in [9.17, 15) is 5.11 Å². The fourth-order valence-electron chi connectivity index (χ4n) is 2.30. The first-order valence-corrected chi connectivity index (χ1v) is 5.97. The molecule has 0 aromatic heterocycles. The highest BCUT2D eigenvalue weighted by Gasteiger charge is 2.15. The standard InChI is InChI=1S/C13H24O/c1-10(2)13(14)11(3)9-12-7-5-4-6-8-12/h9-10,12-14H,4-8H2,1-3H3/b11-9+. The van der Waals surface area contributed by atoms with E-state index in [-0.39, 0.29) is 6.10 Å². The van der Waals surface area contributed by atoms with E-state index < -0.39 is 0 Å². The van der Waals surface area contributed by atoms with Crippen LogP contribution in [0.15, 0.2) is 11.6 Å². The van der Waals surface area contributed by atoms with Crippen LogP contribution in [-0.4, -0.2) is 11.2 Å². The van der Waals surface area contributed by atoms with Crippen molar-refractivity contribution < 1.29 is 5.11 Å². The smallest absolute Gasteiger partial charge is 0.0770 e. The molecule has 0 aliphatic heterocycles. The predicted molar refractivity (Wildman–Crippen MR) is 61.2 cm³/mol. The van der Waals surface area contributed by atoms with Crippen LogP contribution in [0.2, 0.25) is 0 Å². The normalized spacial score (nSPS) is 22.8.